The summed E-state index contributed by atoms with van der Waals surface area (Å²) in [5.74, 6) is -0.437. The zero-order valence-electron chi connectivity index (χ0n) is 9.37. The SMILES string of the molecule is CC(C)(C)c1ccc2c(c1)C(=O)N(I)C2=O. The molecule has 0 saturated heterocycles. The fourth-order valence-electron chi connectivity index (χ4n) is 1.68. The average Bonchev–Trinajstić information content (AvgIpc) is 2.43. The minimum Gasteiger partial charge on any atom is -0.268 e. The lowest BCUT2D eigenvalue weighted by Gasteiger charge is -2.19. The van der Waals surface area contributed by atoms with E-state index in [1.54, 1.807) is 28.9 Å². The second kappa shape index (κ2) is 3.55. The van der Waals surface area contributed by atoms with Crippen molar-refractivity contribution in [3.8, 4) is 0 Å². The first-order chi connectivity index (χ1) is 7.32. The van der Waals surface area contributed by atoms with Crippen LogP contribution in [-0.2, 0) is 5.41 Å². The van der Waals surface area contributed by atoms with Crippen LogP contribution in [0.2, 0.25) is 0 Å². The minimum atomic E-state index is -0.221. The van der Waals surface area contributed by atoms with Crippen LogP contribution in [0.1, 0.15) is 47.1 Å². The summed E-state index contributed by atoms with van der Waals surface area (Å²) in [5, 5.41) is 0. The van der Waals surface area contributed by atoms with E-state index in [1.165, 1.54) is 0 Å². The maximum atomic E-state index is 11.8. The van der Waals surface area contributed by atoms with E-state index in [0.717, 1.165) is 8.68 Å². The topological polar surface area (TPSA) is 37.4 Å². The van der Waals surface area contributed by atoms with Crippen molar-refractivity contribution in [3.63, 3.8) is 0 Å². The molecule has 16 heavy (non-hydrogen) atoms. The first kappa shape index (κ1) is 11.6. The van der Waals surface area contributed by atoms with Crippen molar-refractivity contribution >= 4 is 34.7 Å². The molecule has 2 amide bonds. The molecule has 2 rings (SSSR count). The summed E-state index contributed by atoms with van der Waals surface area (Å²) >= 11 is 1.75. The van der Waals surface area contributed by atoms with Crippen LogP contribution in [0.25, 0.3) is 0 Å². The molecule has 0 fully saturated rings. The van der Waals surface area contributed by atoms with Gasteiger partial charge in [-0.25, -0.2) is 3.11 Å². The molecule has 0 aromatic heterocycles. The van der Waals surface area contributed by atoms with Crippen LogP contribution in [-0.4, -0.2) is 14.9 Å². The third kappa shape index (κ3) is 1.65. The van der Waals surface area contributed by atoms with E-state index in [1.807, 2.05) is 12.1 Å². The van der Waals surface area contributed by atoms with Gasteiger partial charge in [0.1, 0.15) is 0 Å². The van der Waals surface area contributed by atoms with Gasteiger partial charge in [-0.1, -0.05) is 26.8 Å². The van der Waals surface area contributed by atoms with E-state index in [4.69, 9.17) is 0 Å². The zero-order chi connectivity index (χ0) is 12.1. The van der Waals surface area contributed by atoms with Gasteiger partial charge in [-0.05, 0) is 23.1 Å². The Morgan fingerprint density at radius 3 is 2.19 bits per heavy atom. The summed E-state index contributed by atoms with van der Waals surface area (Å²) in [6, 6.07) is 5.49. The number of rotatable bonds is 0. The number of hydrogen-bond donors (Lipinski definition) is 0. The van der Waals surface area contributed by atoms with Crippen LogP contribution in [0.5, 0.6) is 0 Å². The van der Waals surface area contributed by atoms with Crippen molar-refractivity contribution < 1.29 is 9.59 Å². The molecule has 0 N–H and O–H groups in total. The standard InChI is InChI=1S/C12H12INO2/c1-12(2,3)7-4-5-8-9(6-7)11(16)14(13)10(8)15/h4-6H,1-3H3. The Balaban J connectivity index is 2.58. The number of nitrogens with zero attached hydrogens (tertiary/aromatic N) is 1. The molecule has 1 aromatic carbocycles. The third-order valence-electron chi connectivity index (χ3n) is 2.70. The Kier molecular flexibility index (Phi) is 2.57. The summed E-state index contributed by atoms with van der Waals surface area (Å²) in [4.78, 5) is 23.4. The fraction of sp³-hybridized carbons (Fsp3) is 0.333. The maximum absolute atomic E-state index is 11.8. The van der Waals surface area contributed by atoms with E-state index < -0.39 is 0 Å². The van der Waals surface area contributed by atoms with Crippen LogP contribution in [0.15, 0.2) is 18.2 Å². The quantitative estimate of drug-likeness (QED) is 0.417. The molecule has 1 aliphatic heterocycles. The molecular formula is C12H12INO2. The van der Waals surface area contributed by atoms with Gasteiger partial charge in [0.2, 0.25) is 0 Å². The number of fused-ring (bicyclic) bond motifs is 1. The summed E-state index contributed by atoms with van der Waals surface area (Å²) in [6.07, 6.45) is 0. The van der Waals surface area contributed by atoms with Crippen molar-refractivity contribution in [2.45, 2.75) is 26.2 Å². The van der Waals surface area contributed by atoms with Gasteiger partial charge >= 0.3 is 0 Å². The molecule has 0 saturated carbocycles. The van der Waals surface area contributed by atoms with Gasteiger partial charge in [0.15, 0.2) is 0 Å². The fourth-order valence-corrected chi connectivity index (χ4v) is 2.20. The van der Waals surface area contributed by atoms with Crippen LogP contribution < -0.4 is 0 Å². The Morgan fingerprint density at radius 2 is 1.62 bits per heavy atom. The lowest BCUT2D eigenvalue weighted by molar-refractivity contribution is 0.0797. The largest absolute Gasteiger partial charge is 0.270 e. The molecule has 0 spiro atoms. The van der Waals surface area contributed by atoms with Crippen molar-refractivity contribution in [2.75, 3.05) is 0 Å². The number of benzene rings is 1. The molecule has 0 atom stereocenters. The Bertz CT molecular complexity index is 488. The molecule has 1 heterocycles. The molecule has 0 aliphatic carbocycles. The third-order valence-corrected chi connectivity index (χ3v) is 3.58. The van der Waals surface area contributed by atoms with Crippen LogP contribution in [0.3, 0.4) is 0 Å². The summed E-state index contributed by atoms with van der Waals surface area (Å²) in [5.41, 5.74) is 2.08. The van der Waals surface area contributed by atoms with Crippen molar-refractivity contribution in [1.82, 2.24) is 3.11 Å². The lowest BCUT2D eigenvalue weighted by atomic mass is 9.85. The first-order valence-electron chi connectivity index (χ1n) is 5.01. The van der Waals surface area contributed by atoms with E-state index in [0.29, 0.717) is 11.1 Å². The Morgan fingerprint density at radius 1 is 1.06 bits per heavy atom. The van der Waals surface area contributed by atoms with Gasteiger partial charge in [0.25, 0.3) is 11.8 Å². The van der Waals surface area contributed by atoms with Crippen LogP contribution in [0.4, 0.5) is 0 Å². The van der Waals surface area contributed by atoms with Gasteiger partial charge in [-0.2, -0.15) is 0 Å². The highest BCUT2D eigenvalue weighted by Gasteiger charge is 2.34. The lowest BCUT2D eigenvalue weighted by Crippen LogP contribution is -2.17. The van der Waals surface area contributed by atoms with Crippen LogP contribution in [0, 0.1) is 0 Å². The normalized spacial score (nSPS) is 15.6. The van der Waals surface area contributed by atoms with Crippen molar-refractivity contribution in [2.24, 2.45) is 0 Å². The maximum Gasteiger partial charge on any atom is 0.270 e. The van der Waals surface area contributed by atoms with E-state index in [2.05, 4.69) is 20.8 Å². The Hall–Kier alpha value is -0.910. The smallest absolute Gasteiger partial charge is 0.268 e. The molecule has 1 aromatic rings. The second-order valence-corrected chi connectivity index (χ2v) is 5.87. The number of halogens is 1. The highest BCUT2D eigenvalue weighted by molar-refractivity contribution is 14.1. The van der Waals surface area contributed by atoms with Gasteiger partial charge in [-0.15, -0.1) is 0 Å². The molecule has 84 valence electrons. The molecule has 0 radical (unpaired) electrons. The van der Waals surface area contributed by atoms with E-state index in [9.17, 15) is 9.59 Å². The van der Waals surface area contributed by atoms with Gasteiger partial charge in [0, 0.05) is 0 Å². The predicted octanol–water partition coefficient (Wildman–Crippen LogP) is 2.93. The molecule has 1 aliphatic rings. The van der Waals surface area contributed by atoms with Gasteiger partial charge in [-0.3, -0.25) is 9.59 Å². The Labute approximate surface area is 108 Å². The average molecular weight is 329 g/mol. The summed E-state index contributed by atoms with van der Waals surface area (Å²) < 4.78 is 1.13. The summed E-state index contributed by atoms with van der Waals surface area (Å²) in [7, 11) is 0. The van der Waals surface area contributed by atoms with Crippen LogP contribution >= 0.6 is 22.9 Å². The number of amides is 2. The number of imide groups is 1. The van der Waals surface area contributed by atoms with E-state index in [-0.39, 0.29) is 17.2 Å². The first-order valence-corrected chi connectivity index (χ1v) is 5.98. The second-order valence-electron chi connectivity index (χ2n) is 4.90. The molecule has 4 heteroatoms. The monoisotopic (exact) mass is 329 g/mol. The number of carbonyl (C=O) groups is 2. The minimum absolute atomic E-state index is 0.0168. The highest BCUT2D eigenvalue weighted by atomic mass is 127. The molecule has 0 unspecified atom stereocenters. The van der Waals surface area contributed by atoms with Crippen molar-refractivity contribution in [1.29, 1.82) is 0 Å². The molecule has 3 nitrogen and oxygen atoms in total. The highest BCUT2D eigenvalue weighted by Crippen LogP contribution is 2.30. The predicted molar refractivity (Wildman–Crippen MR) is 69.7 cm³/mol. The number of hydrogen-bond acceptors (Lipinski definition) is 2. The zero-order valence-corrected chi connectivity index (χ0v) is 11.5. The van der Waals surface area contributed by atoms with Gasteiger partial charge in [0.05, 0.1) is 34.0 Å². The van der Waals surface area contributed by atoms with Gasteiger partial charge < -0.3 is 0 Å². The molecular weight excluding hydrogens is 317 g/mol. The summed E-state index contributed by atoms with van der Waals surface area (Å²) in [6.45, 7) is 6.24. The van der Waals surface area contributed by atoms with Crippen molar-refractivity contribution in [3.05, 3.63) is 34.9 Å². The molecule has 0 bridgehead atoms. The number of carbonyl (C=O) groups excluding carboxylic acids is 2. The van der Waals surface area contributed by atoms with E-state index >= 15 is 0 Å².